The molecular weight excluding hydrogens is 394 g/mol. The average molecular weight is 419 g/mol. The Labute approximate surface area is 180 Å². The number of nitrogens with one attached hydrogen (secondary N) is 1. The normalized spacial score (nSPS) is 13.7. The molecule has 4 rings (SSSR count). The number of benzene rings is 1. The first-order valence-electron chi connectivity index (χ1n) is 10.4. The van der Waals surface area contributed by atoms with Crippen molar-refractivity contribution < 1.29 is 14.1 Å². The third-order valence-corrected chi connectivity index (χ3v) is 5.09. The van der Waals surface area contributed by atoms with Crippen molar-refractivity contribution >= 4 is 17.9 Å². The standard InChI is InChI=1S/C23H25N5O3/c29-23(26-22-7-2-10-24-27-22)28-11-8-18(9-12-28)14-19-4-1-6-21(15-19)30-13-3-5-20-16-25-31-17-20/h1-2,4,6-7,10,14-17H,3,5,8-9,11-13H2,(H,26,27,29). The van der Waals surface area contributed by atoms with Crippen LogP contribution in [0, 0.1) is 0 Å². The number of piperidine rings is 1. The van der Waals surface area contributed by atoms with Gasteiger partial charge in [0.05, 0.1) is 12.8 Å². The number of amides is 2. The van der Waals surface area contributed by atoms with Crippen LogP contribution in [0.25, 0.3) is 6.08 Å². The lowest BCUT2D eigenvalue weighted by Gasteiger charge is -2.28. The number of carbonyl (C=O) groups is 1. The number of urea groups is 1. The van der Waals surface area contributed by atoms with Gasteiger partial charge in [0, 0.05) is 24.8 Å². The highest BCUT2D eigenvalue weighted by Gasteiger charge is 2.19. The number of likely N-dealkylation sites (tertiary alicyclic amines) is 1. The molecule has 2 aromatic heterocycles. The molecule has 1 aromatic carbocycles. The van der Waals surface area contributed by atoms with Gasteiger partial charge in [0.1, 0.15) is 12.0 Å². The van der Waals surface area contributed by atoms with E-state index in [-0.39, 0.29) is 6.03 Å². The summed E-state index contributed by atoms with van der Waals surface area (Å²) in [7, 11) is 0. The van der Waals surface area contributed by atoms with E-state index >= 15 is 0 Å². The number of carbonyl (C=O) groups excluding carboxylic acids is 1. The molecule has 31 heavy (non-hydrogen) atoms. The van der Waals surface area contributed by atoms with Gasteiger partial charge in [0.15, 0.2) is 5.82 Å². The summed E-state index contributed by atoms with van der Waals surface area (Å²) in [6.45, 7) is 2.00. The van der Waals surface area contributed by atoms with Crippen molar-refractivity contribution in [2.24, 2.45) is 0 Å². The summed E-state index contributed by atoms with van der Waals surface area (Å²) in [5, 5.41) is 14.2. The summed E-state index contributed by atoms with van der Waals surface area (Å²) in [6.07, 6.45) is 10.6. The quantitative estimate of drug-likeness (QED) is 0.577. The summed E-state index contributed by atoms with van der Waals surface area (Å²) in [4.78, 5) is 14.2. The molecule has 0 saturated carbocycles. The molecule has 1 aliphatic heterocycles. The molecule has 3 heterocycles. The van der Waals surface area contributed by atoms with Gasteiger partial charge < -0.3 is 14.2 Å². The largest absolute Gasteiger partial charge is 0.494 e. The molecule has 1 N–H and O–H groups in total. The van der Waals surface area contributed by atoms with Gasteiger partial charge in [0.25, 0.3) is 0 Å². The fourth-order valence-electron chi connectivity index (χ4n) is 3.44. The van der Waals surface area contributed by atoms with Crippen LogP contribution in [0.15, 0.2) is 65.2 Å². The molecule has 0 bridgehead atoms. The first kappa shape index (κ1) is 20.6. The number of nitrogens with zero attached hydrogens (tertiary/aromatic N) is 4. The van der Waals surface area contributed by atoms with Gasteiger partial charge in [-0.1, -0.05) is 28.9 Å². The topological polar surface area (TPSA) is 93.4 Å². The van der Waals surface area contributed by atoms with Crippen molar-refractivity contribution in [2.45, 2.75) is 25.7 Å². The number of aryl methyl sites for hydroxylation is 1. The number of ether oxygens (including phenoxy) is 1. The number of hydrogen-bond acceptors (Lipinski definition) is 6. The minimum Gasteiger partial charge on any atom is -0.494 e. The molecule has 2 amide bonds. The van der Waals surface area contributed by atoms with E-state index < -0.39 is 0 Å². The Balaban J connectivity index is 1.24. The van der Waals surface area contributed by atoms with E-state index in [1.54, 1.807) is 35.7 Å². The fraction of sp³-hybridized carbons (Fsp3) is 0.304. The van der Waals surface area contributed by atoms with Gasteiger partial charge >= 0.3 is 6.03 Å². The number of hydrogen-bond donors (Lipinski definition) is 1. The van der Waals surface area contributed by atoms with Gasteiger partial charge in [-0.2, -0.15) is 5.10 Å². The van der Waals surface area contributed by atoms with Crippen LogP contribution < -0.4 is 10.1 Å². The van der Waals surface area contributed by atoms with E-state index in [2.05, 4.69) is 38.9 Å². The first-order chi connectivity index (χ1) is 15.3. The van der Waals surface area contributed by atoms with Crippen LogP contribution in [0.4, 0.5) is 10.6 Å². The molecule has 0 radical (unpaired) electrons. The van der Waals surface area contributed by atoms with Crippen LogP contribution in [0.1, 0.15) is 30.4 Å². The predicted octanol–water partition coefficient (Wildman–Crippen LogP) is 4.19. The van der Waals surface area contributed by atoms with Crippen LogP contribution in [0.2, 0.25) is 0 Å². The smallest absolute Gasteiger partial charge is 0.323 e. The first-order valence-corrected chi connectivity index (χ1v) is 10.4. The summed E-state index contributed by atoms with van der Waals surface area (Å²) < 4.78 is 10.7. The lowest BCUT2D eigenvalue weighted by molar-refractivity contribution is 0.207. The highest BCUT2D eigenvalue weighted by molar-refractivity contribution is 5.88. The van der Waals surface area contributed by atoms with E-state index in [0.29, 0.717) is 25.5 Å². The Morgan fingerprint density at radius 1 is 1.23 bits per heavy atom. The second kappa shape index (κ2) is 10.4. The van der Waals surface area contributed by atoms with Crippen molar-refractivity contribution in [3.05, 3.63) is 71.8 Å². The van der Waals surface area contributed by atoms with Gasteiger partial charge in [0.2, 0.25) is 0 Å². The SMILES string of the molecule is O=C(Nc1cccnn1)N1CCC(=Cc2cccc(OCCCc3cnoc3)c2)CC1. The highest BCUT2D eigenvalue weighted by Crippen LogP contribution is 2.22. The zero-order valence-electron chi connectivity index (χ0n) is 17.2. The molecule has 1 aliphatic rings. The summed E-state index contributed by atoms with van der Waals surface area (Å²) in [5.74, 6) is 1.33. The van der Waals surface area contributed by atoms with Crippen molar-refractivity contribution in [2.75, 3.05) is 25.0 Å². The molecule has 1 saturated heterocycles. The summed E-state index contributed by atoms with van der Waals surface area (Å²) in [5.41, 5.74) is 3.52. The molecule has 160 valence electrons. The van der Waals surface area contributed by atoms with E-state index in [4.69, 9.17) is 9.26 Å². The van der Waals surface area contributed by atoms with Crippen LogP contribution in [0.5, 0.6) is 5.75 Å². The van der Waals surface area contributed by atoms with Crippen LogP contribution in [-0.4, -0.2) is 46.0 Å². The molecule has 0 aliphatic carbocycles. The van der Waals surface area contributed by atoms with Gasteiger partial charge in [-0.05, 0) is 55.5 Å². The molecule has 0 atom stereocenters. The summed E-state index contributed by atoms with van der Waals surface area (Å²) >= 11 is 0. The van der Waals surface area contributed by atoms with E-state index in [1.807, 2.05) is 12.1 Å². The third-order valence-electron chi connectivity index (χ3n) is 5.09. The molecular formula is C23H25N5O3. The van der Waals surface area contributed by atoms with E-state index in [9.17, 15) is 4.79 Å². The lowest BCUT2D eigenvalue weighted by atomic mass is 10.0. The van der Waals surface area contributed by atoms with Crippen molar-refractivity contribution in [3.8, 4) is 5.75 Å². The van der Waals surface area contributed by atoms with E-state index in [1.165, 1.54) is 5.57 Å². The Hall–Kier alpha value is -3.68. The summed E-state index contributed by atoms with van der Waals surface area (Å²) in [6, 6.07) is 11.4. The Morgan fingerprint density at radius 3 is 2.90 bits per heavy atom. The highest BCUT2D eigenvalue weighted by atomic mass is 16.5. The van der Waals surface area contributed by atoms with Crippen molar-refractivity contribution in [1.82, 2.24) is 20.3 Å². The van der Waals surface area contributed by atoms with Crippen molar-refractivity contribution in [3.63, 3.8) is 0 Å². The molecule has 8 heteroatoms. The average Bonchev–Trinajstić information content (AvgIpc) is 3.32. The minimum absolute atomic E-state index is 0.138. The number of aromatic nitrogens is 3. The number of rotatable bonds is 7. The molecule has 1 fully saturated rings. The van der Waals surface area contributed by atoms with E-state index in [0.717, 1.165) is 42.6 Å². The Kier molecular flexibility index (Phi) is 6.89. The fourth-order valence-corrected chi connectivity index (χ4v) is 3.44. The second-order valence-corrected chi connectivity index (χ2v) is 7.39. The Morgan fingerprint density at radius 2 is 2.13 bits per heavy atom. The maximum Gasteiger partial charge on any atom is 0.323 e. The van der Waals surface area contributed by atoms with Crippen LogP contribution in [-0.2, 0) is 6.42 Å². The van der Waals surface area contributed by atoms with Gasteiger partial charge in [-0.15, -0.1) is 5.10 Å². The molecule has 8 nitrogen and oxygen atoms in total. The maximum atomic E-state index is 12.4. The van der Waals surface area contributed by atoms with Gasteiger partial charge in [-0.3, -0.25) is 5.32 Å². The Bertz CT molecular complexity index is 995. The molecule has 3 aromatic rings. The number of anilines is 1. The third kappa shape index (κ3) is 6.15. The van der Waals surface area contributed by atoms with Crippen LogP contribution >= 0.6 is 0 Å². The minimum atomic E-state index is -0.138. The molecule has 0 spiro atoms. The zero-order chi connectivity index (χ0) is 21.3. The monoisotopic (exact) mass is 419 g/mol. The maximum absolute atomic E-state index is 12.4. The lowest BCUT2D eigenvalue weighted by Crippen LogP contribution is -2.39. The molecule has 0 unspecified atom stereocenters. The van der Waals surface area contributed by atoms with Crippen LogP contribution in [0.3, 0.4) is 0 Å². The van der Waals surface area contributed by atoms with Crippen molar-refractivity contribution in [1.29, 1.82) is 0 Å². The zero-order valence-corrected chi connectivity index (χ0v) is 17.2. The second-order valence-electron chi connectivity index (χ2n) is 7.39. The van der Waals surface area contributed by atoms with Gasteiger partial charge in [-0.25, -0.2) is 4.79 Å². The predicted molar refractivity (Wildman–Crippen MR) is 117 cm³/mol.